The van der Waals surface area contributed by atoms with Gasteiger partial charge in [-0.3, -0.25) is 9.59 Å². The fraction of sp³-hybridized carbons (Fsp3) is 0.867. The maximum Gasteiger partial charge on any atom is 0.166 e. The van der Waals surface area contributed by atoms with Crippen LogP contribution in [0.2, 0.25) is 0 Å². The number of hydrogen-bond acceptors (Lipinski definition) is 5. The molecule has 0 aromatic carbocycles. The van der Waals surface area contributed by atoms with Crippen LogP contribution in [0.15, 0.2) is 0 Å². The van der Waals surface area contributed by atoms with Gasteiger partial charge in [-0.15, -0.1) is 31.6 Å². The maximum absolute atomic E-state index is 13.9. The van der Waals surface area contributed by atoms with E-state index in [1.807, 2.05) is 0 Å². The summed E-state index contributed by atoms with van der Waals surface area (Å²) in [5, 5.41) is 4.25. The smallest absolute Gasteiger partial charge is 0.166 e. The summed E-state index contributed by atoms with van der Waals surface area (Å²) in [7, 11) is 0. The van der Waals surface area contributed by atoms with Gasteiger partial charge in [0.2, 0.25) is 0 Å². The Labute approximate surface area is 141 Å². The standard InChI is InChI=1S/C15H23F2N3O2.ClH/c16-19-9-1-3-11(19)13(21)15(5-7-18-8-6-15)14(22)12-4-2-10-20(12)17;/h11-12,18H,1-10H2;1H/t11-,12-;/m0./s1. The normalized spacial score (nSPS) is 31.7. The van der Waals surface area contributed by atoms with Crippen molar-refractivity contribution in [1.82, 2.24) is 15.6 Å². The largest absolute Gasteiger partial charge is 0.317 e. The van der Waals surface area contributed by atoms with Gasteiger partial charge in [-0.1, -0.05) is 0 Å². The number of ketones is 2. The van der Waals surface area contributed by atoms with Crippen molar-refractivity contribution >= 4 is 24.0 Å². The van der Waals surface area contributed by atoms with Crippen LogP contribution in [0, 0.1) is 5.41 Å². The molecule has 3 fully saturated rings. The molecular formula is C15H24ClF2N3O2. The lowest BCUT2D eigenvalue weighted by molar-refractivity contribution is -0.154. The van der Waals surface area contributed by atoms with Crippen molar-refractivity contribution in [2.45, 2.75) is 50.6 Å². The molecule has 0 aromatic rings. The van der Waals surface area contributed by atoms with Crippen LogP contribution in [0.5, 0.6) is 0 Å². The average Bonchev–Trinajstić information content (AvgIpc) is 3.14. The highest BCUT2D eigenvalue weighted by atomic mass is 35.5. The van der Waals surface area contributed by atoms with E-state index in [2.05, 4.69) is 5.32 Å². The molecule has 0 radical (unpaired) electrons. The van der Waals surface area contributed by atoms with Crippen molar-refractivity contribution in [3.05, 3.63) is 0 Å². The third-order valence-electron chi connectivity index (χ3n) is 5.38. The molecule has 1 N–H and O–H groups in total. The van der Waals surface area contributed by atoms with Crippen LogP contribution < -0.4 is 5.32 Å². The molecule has 3 heterocycles. The van der Waals surface area contributed by atoms with Crippen LogP contribution in [0.4, 0.5) is 8.96 Å². The molecule has 2 atom stereocenters. The monoisotopic (exact) mass is 351 g/mol. The minimum atomic E-state index is -1.22. The number of nitrogens with one attached hydrogen (secondary N) is 1. The van der Waals surface area contributed by atoms with Gasteiger partial charge in [0, 0.05) is 13.1 Å². The highest BCUT2D eigenvalue weighted by Crippen LogP contribution is 2.39. The predicted molar refractivity (Wildman–Crippen MR) is 83.5 cm³/mol. The first-order chi connectivity index (χ1) is 10.6. The van der Waals surface area contributed by atoms with Gasteiger partial charge in [0.25, 0.3) is 0 Å². The first kappa shape index (κ1) is 18.7. The second kappa shape index (κ2) is 7.51. The third-order valence-corrected chi connectivity index (χ3v) is 5.38. The molecule has 3 aliphatic rings. The molecule has 3 saturated heterocycles. The van der Waals surface area contributed by atoms with Gasteiger partial charge >= 0.3 is 0 Å². The summed E-state index contributed by atoms with van der Waals surface area (Å²) in [6, 6.07) is -1.67. The van der Waals surface area contributed by atoms with Gasteiger partial charge in [0.1, 0.15) is 0 Å². The molecule has 5 nitrogen and oxygen atoms in total. The lowest BCUT2D eigenvalue weighted by Gasteiger charge is -2.39. The molecule has 0 aliphatic carbocycles. The van der Waals surface area contributed by atoms with Crippen molar-refractivity contribution in [2.24, 2.45) is 5.41 Å². The van der Waals surface area contributed by atoms with Crippen LogP contribution in [0.3, 0.4) is 0 Å². The highest BCUT2D eigenvalue weighted by Gasteiger charge is 2.54. The van der Waals surface area contributed by atoms with Gasteiger partial charge in [0.15, 0.2) is 11.6 Å². The van der Waals surface area contributed by atoms with E-state index in [4.69, 9.17) is 0 Å². The van der Waals surface area contributed by atoms with Crippen LogP contribution >= 0.6 is 12.4 Å². The van der Waals surface area contributed by atoms with Crippen LogP contribution in [0.1, 0.15) is 38.5 Å². The number of piperidine rings is 1. The Kier molecular flexibility index (Phi) is 6.10. The fourth-order valence-electron chi connectivity index (χ4n) is 4.09. The van der Waals surface area contributed by atoms with Gasteiger partial charge < -0.3 is 5.32 Å². The van der Waals surface area contributed by atoms with E-state index in [0.29, 0.717) is 61.9 Å². The Balaban J connectivity index is 0.00000192. The molecule has 0 saturated carbocycles. The van der Waals surface area contributed by atoms with Crippen molar-refractivity contribution < 1.29 is 18.6 Å². The Morgan fingerprint density at radius 2 is 1.35 bits per heavy atom. The number of rotatable bonds is 4. The average molecular weight is 352 g/mol. The Morgan fingerprint density at radius 3 is 1.70 bits per heavy atom. The quantitative estimate of drug-likeness (QED) is 0.616. The first-order valence-corrected chi connectivity index (χ1v) is 8.20. The van der Waals surface area contributed by atoms with Gasteiger partial charge in [-0.2, -0.15) is 0 Å². The van der Waals surface area contributed by atoms with E-state index in [1.165, 1.54) is 0 Å². The Bertz CT molecular complexity index is 426. The van der Waals surface area contributed by atoms with Crippen molar-refractivity contribution in [3.8, 4) is 0 Å². The summed E-state index contributed by atoms with van der Waals surface area (Å²) >= 11 is 0. The molecule has 23 heavy (non-hydrogen) atoms. The summed E-state index contributed by atoms with van der Waals surface area (Å²) in [6.07, 6.45) is 2.82. The summed E-state index contributed by atoms with van der Waals surface area (Å²) in [5.74, 6) is -0.668. The molecule has 8 heteroatoms. The second-order valence-electron chi connectivity index (χ2n) is 6.62. The SMILES string of the molecule is Cl.O=C([C@@H]1CCCN1F)C1(C(=O)[C@@H]2CCCN2F)CCNCC1. The maximum atomic E-state index is 13.9. The van der Waals surface area contributed by atoms with E-state index in [0.717, 1.165) is 0 Å². The summed E-state index contributed by atoms with van der Waals surface area (Å²) in [5.41, 5.74) is -1.22. The lowest BCUT2D eigenvalue weighted by Crippen LogP contribution is -2.56. The zero-order chi connectivity index (χ0) is 15.7. The molecular weight excluding hydrogens is 328 g/mol. The van der Waals surface area contributed by atoms with Gasteiger partial charge in [-0.05, 0) is 51.6 Å². The molecule has 0 unspecified atom stereocenters. The van der Waals surface area contributed by atoms with Gasteiger partial charge in [-0.25, -0.2) is 0 Å². The van der Waals surface area contributed by atoms with E-state index in [-0.39, 0.29) is 37.1 Å². The van der Waals surface area contributed by atoms with Crippen LogP contribution in [0.25, 0.3) is 0 Å². The Hall–Kier alpha value is -0.630. The number of halogens is 3. The second-order valence-corrected chi connectivity index (χ2v) is 6.62. The summed E-state index contributed by atoms with van der Waals surface area (Å²) in [4.78, 5) is 25.9. The molecule has 0 amide bonds. The molecule has 0 aromatic heterocycles. The minimum Gasteiger partial charge on any atom is -0.317 e. The third kappa shape index (κ3) is 3.29. The van der Waals surface area contributed by atoms with Crippen molar-refractivity contribution in [2.75, 3.05) is 26.2 Å². The first-order valence-electron chi connectivity index (χ1n) is 8.20. The van der Waals surface area contributed by atoms with E-state index < -0.39 is 17.5 Å². The zero-order valence-electron chi connectivity index (χ0n) is 13.1. The van der Waals surface area contributed by atoms with E-state index >= 15 is 0 Å². The van der Waals surface area contributed by atoms with Crippen LogP contribution in [-0.4, -0.2) is 60.1 Å². The summed E-state index contributed by atoms with van der Waals surface area (Å²) < 4.78 is 27.8. The zero-order valence-corrected chi connectivity index (χ0v) is 13.9. The molecule has 3 aliphatic heterocycles. The molecule has 0 spiro atoms. The number of Topliss-reactive ketones (excluding diaryl/α,β-unsaturated/α-hetero) is 2. The fourth-order valence-corrected chi connectivity index (χ4v) is 4.09. The van der Waals surface area contributed by atoms with Crippen molar-refractivity contribution in [1.29, 1.82) is 0 Å². The highest BCUT2D eigenvalue weighted by molar-refractivity contribution is 6.11. The van der Waals surface area contributed by atoms with Gasteiger partial charge in [0.05, 0.1) is 17.5 Å². The summed E-state index contributed by atoms with van der Waals surface area (Å²) in [6.45, 7) is 1.54. The predicted octanol–water partition coefficient (Wildman–Crippen LogP) is 1.61. The molecule has 3 rings (SSSR count). The number of nitrogens with zero attached hydrogens (tertiary/aromatic N) is 2. The van der Waals surface area contributed by atoms with Crippen molar-refractivity contribution in [3.63, 3.8) is 0 Å². The van der Waals surface area contributed by atoms with Crippen LogP contribution in [-0.2, 0) is 9.59 Å². The number of carbonyl (C=O) groups is 2. The number of carbonyl (C=O) groups excluding carboxylic acids is 2. The topological polar surface area (TPSA) is 52.7 Å². The molecule has 0 bridgehead atoms. The minimum absolute atomic E-state index is 0. The Morgan fingerprint density at radius 1 is 0.913 bits per heavy atom. The number of hydrogen-bond donors (Lipinski definition) is 1. The molecule has 132 valence electrons. The van der Waals surface area contributed by atoms with E-state index in [9.17, 15) is 18.6 Å². The van der Waals surface area contributed by atoms with E-state index in [1.54, 1.807) is 0 Å². The lowest BCUT2D eigenvalue weighted by atomic mass is 9.67.